The zero-order valence-electron chi connectivity index (χ0n) is 10.00. The van der Waals surface area contributed by atoms with E-state index < -0.39 is 0 Å². The summed E-state index contributed by atoms with van der Waals surface area (Å²) in [5.74, 6) is 0.830. The van der Waals surface area contributed by atoms with Gasteiger partial charge in [0, 0.05) is 0 Å². The summed E-state index contributed by atoms with van der Waals surface area (Å²) in [6.07, 6.45) is 3.82. The quantitative estimate of drug-likeness (QED) is 0.822. The SMILES string of the molecule is COc1ccc(/C=C/c2cccc(C#N)n2)cc1. The molecule has 0 saturated carbocycles. The number of hydrogen-bond acceptors (Lipinski definition) is 3. The number of nitrogens with zero attached hydrogens (tertiary/aromatic N) is 2. The molecule has 0 bridgehead atoms. The molecule has 3 heteroatoms. The molecule has 0 aliphatic rings. The number of hydrogen-bond donors (Lipinski definition) is 0. The fourth-order valence-corrected chi connectivity index (χ4v) is 1.50. The second kappa shape index (κ2) is 5.65. The third-order valence-corrected chi connectivity index (χ3v) is 2.45. The Hall–Kier alpha value is -2.60. The molecule has 2 rings (SSSR count). The lowest BCUT2D eigenvalue weighted by atomic mass is 10.2. The van der Waals surface area contributed by atoms with Crippen molar-refractivity contribution in [2.24, 2.45) is 0 Å². The third kappa shape index (κ3) is 2.96. The van der Waals surface area contributed by atoms with Gasteiger partial charge in [0.1, 0.15) is 17.5 Å². The molecule has 18 heavy (non-hydrogen) atoms. The van der Waals surface area contributed by atoms with Gasteiger partial charge in [-0.05, 0) is 35.9 Å². The van der Waals surface area contributed by atoms with Crippen LogP contribution in [0, 0.1) is 11.3 Å². The predicted octanol–water partition coefficient (Wildman–Crippen LogP) is 3.13. The highest BCUT2D eigenvalue weighted by Crippen LogP contribution is 2.13. The topological polar surface area (TPSA) is 45.9 Å². The van der Waals surface area contributed by atoms with Crippen LogP contribution in [0.5, 0.6) is 5.75 Å². The molecular weight excluding hydrogens is 224 g/mol. The minimum Gasteiger partial charge on any atom is -0.497 e. The first kappa shape index (κ1) is 11.9. The molecule has 1 aromatic carbocycles. The molecule has 3 nitrogen and oxygen atoms in total. The van der Waals surface area contributed by atoms with E-state index in [0.717, 1.165) is 17.0 Å². The van der Waals surface area contributed by atoms with Crippen molar-refractivity contribution in [3.8, 4) is 11.8 Å². The lowest BCUT2D eigenvalue weighted by Crippen LogP contribution is -1.85. The van der Waals surface area contributed by atoms with Crippen molar-refractivity contribution >= 4 is 12.2 Å². The van der Waals surface area contributed by atoms with Crippen LogP contribution in [0.3, 0.4) is 0 Å². The molecule has 0 amide bonds. The first-order chi connectivity index (χ1) is 8.81. The highest BCUT2D eigenvalue weighted by Gasteiger charge is 1.93. The lowest BCUT2D eigenvalue weighted by Gasteiger charge is -1.99. The Morgan fingerprint density at radius 2 is 1.89 bits per heavy atom. The molecule has 0 saturated heterocycles. The van der Waals surface area contributed by atoms with Crippen LogP contribution in [0.15, 0.2) is 42.5 Å². The van der Waals surface area contributed by atoms with Crippen molar-refractivity contribution < 1.29 is 4.74 Å². The van der Waals surface area contributed by atoms with Gasteiger partial charge in [0.05, 0.1) is 12.8 Å². The third-order valence-electron chi connectivity index (χ3n) is 2.45. The van der Waals surface area contributed by atoms with Crippen molar-refractivity contribution in [3.63, 3.8) is 0 Å². The van der Waals surface area contributed by atoms with Crippen LogP contribution in [0.4, 0.5) is 0 Å². The van der Waals surface area contributed by atoms with Crippen molar-refractivity contribution in [2.45, 2.75) is 0 Å². The van der Waals surface area contributed by atoms with E-state index in [1.807, 2.05) is 54.6 Å². The van der Waals surface area contributed by atoms with Gasteiger partial charge >= 0.3 is 0 Å². The molecule has 0 fully saturated rings. The van der Waals surface area contributed by atoms with Gasteiger partial charge in [0.2, 0.25) is 0 Å². The van der Waals surface area contributed by atoms with Crippen molar-refractivity contribution in [1.29, 1.82) is 5.26 Å². The Kier molecular flexibility index (Phi) is 3.72. The molecule has 0 aliphatic carbocycles. The van der Waals surface area contributed by atoms with Crippen molar-refractivity contribution in [2.75, 3.05) is 7.11 Å². The fourth-order valence-electron chi connectivity index (χ4n) is 1.50. The van der Waals surface area contributed by atoms with E-state index in [4.69, 9.17) is 10.00 Å². The van der Waals surface area contributed by atoms with Crippen LogP contribution in [-0.2, 0) is 0 Å². The first-order valence-corrected chi connectivity index (χ1v) is 5.51. The number of ether oxygens (including phenoxy) is 1. The van der Waals surface area contributed by atoms with E-state index in [1.54, 1.807) is 13.2 Å². The van der Waals surface area contributed by atoms with Crippen LogP contribution in [-0.4, -0.2) is 12.1 Å². The number of aromatic nitrogens is 1. The van der Waals surface area contributed by atoms with Gasteiger partial charge in [-0.1, -0.05) is 24.3 Å². The summed E-state index contributed by atoms with van der Waals surface area (Å²) < 4.78 is 5.09. The number of pyridine rings is 1. The number of methoxy groups -OCH3 is 1. The van der Waals surface area contributed by atoms with E-state index in [9.17, 15) is 0 Å². The molecule has 0 atom stereocenters. The van der Waals surface area contributed by atoms with E-state index in [-0.39, 0.29) is 0 Å². The highest BCUT2D eigenvalue weighted by atomic mass is 16.5. The molecule has 1 heterocycles. The van der Waals surface area contributed by atoms with Crippen LogP contribution < -0.4 is 4.74 Å². The van der Waals surface area contributed by atoms with Crippen LogP contribution in [0.25, 0.3) is 12.2 Å². The van der Waals surface area contributed by atoms with E-state index in [0.29, 0.717) is 5.69 Å². The normalized spacial score (nSPS) is 10.2. The number of nitriles is 1. The van der Waals surface area contributed by atoms with Crippen LogP contribution >= 0.6 is 0 Å². The monoisotopic (exact) mass is 236 g/mol. The average molecular weight is 236 g/mol. The summed E-state index contributed by atoms with van der Waals surface area (Å²) in [5, 5.41) is 8.75. The second-order valence-electron chi connectivity index (χ2n) is 3.67. The minimum atomic E-state index is 0.423. The summed E-state index contributed by atoms with van der Waals surface area (Å²) in [6.45, 7) is 0. The van der Waals surface area contributed by atoms with Gasteiger partial charge in [-0.15, -0.1) is 0 Å². The maximum absolute atomic E-state index is 8.75. The Balaban J connectivity index is 2.16. The Morgan fingerprint density at radius 1 is 1.11 bits per heavy atom. The molecule has 2 aromatic rings. The highest BCUT2D eigenvalue weighted by molar-refractivity contribution is 5.68. The van der Waals surface area contributed by atoms with Crippen LogP contribution in [0.1, 0.15) is 17.0 Å². The summed E-state index contributed by atoms with van der Waals surface area (Å²) in [7, 11) is 1.64. The molecular formula is C15H12N2O. The summed E-state index contributed by atoms with van der Waals surface area (Å²) in [6, 6.07) is 15.1. The smallest absolute Gasteiger partial charge is 0.141 e. The molecule has 0 radical (unpaired) electrons. The van der Waals surface area contributed by atoms with Crippen molar-refractivity contribution in [3.05, 3.63) is 59.4 Å². The molecule has 0 unspecified atom stereocenters. The van der Waals surface area contributed by atoms with E-state index in [2.05, 4.69) is 4.98 Å². The van der Waals surface area contributed by atoms with E-state index >= 15 is 0 Å². The second-order valence-corrected chi connectivity index (χ2v) is 3.67. The molecule has 88 valence electrons. The zero-order valence-corrected chi connectivity index (χ0v) is 10.00. The van der Waals surface area contributed by atoms with Gasteiger partial charge in [-0.2, -0.15) is 5.26 Å². The van der Waals surface area contributed by atoms with E-state index in [1.165, 1.54) is 0 Å². The summed E-state index contributed by atoms with van der Waals surface area (Å²) >= 11 is 0. The Bertz CT molecular complexity index is 595. The largest absolute Gasteiger partial charge is 0.497 e. The summed E-state index contributed by atoms with van der Waals surface area (Å²) in [5.41, 5.74) is 2.25. The molecule has 1 aromatic heterocycles. The van der Waals surface area contributed by atoms with Crippen molar-refractivity contribution in [1.82, 2.24) is 4.98 Å². The lowest BCUT2D eigenvalue weighted by molar-refractivity contribution is 0.415. The first-order valence-electron chi connectivity index (χ1n) is 5.51. The fraction of sp³-hybridized carbons (Fsp3) is 0.0667. The van der Waals surface area contributed by atoms with Gasteiger partial charge in [0.15, 0.2) is 0 Å². The van der Waals surface area contributed by atoms with Gasteiger partial charge in [0.25, 0.3) is 0 Å². The number of benzene rings is 1. The van der Waals surface area contributed by atoms with Crippen LogP contribution in [0.2, 0.25) is 0 Å². The van der Waals surface area contributed by atoms with Gasteiger partial charge in [-0.3, -0.25) is 0 Å². The Labute approximate surface area is 106 Å². The van der Waals surface area contributed by atoms with Gasteiger partial charge in [-0.25, -0.2) is 4.98 Å². The molecule has 0 N–H and O–H groups in total. The molecule has 0 spiro atoms. The standard InChI is InChI=1S/C15H12N2O/c1-18-15-9-6-12(7-10-15)5-8-13-3-2-4-14(11-16)17-13/h2-10H,1H3/b8-5+. The minimum absolute atomic E-state index is 0.423. The maximum Gasteiger partial charge on any atom is 0.141 e. The Morgan fingerprint density at radius 3 is 2.56 bits per heavy atom. The number of rotatable bonds is 3. The average Bonchev–Trinajstić information content (AvgIpc) is 2.46. The van der Waals surface area contributed by atoms with Gasteiger partial charge < -0.3 is 4.74 Å². The zero-order chi connectivity index (χ0) is 12.8. The predicted molar refractivity (Wildman–Crippen MR) is 70.9 cm³/mol. The maximum atomic E-state index is 8.75. The summed E-state index contributed by atoms with van der Waals surface area (Å²) in [4.78, 5) is 4.17. The molecule has 0 aliphatic heterocycles.